The van der Waals surface area contributed by atoms with Gasteiger partial charge in [0.05, 0.1) is 0 Å². The first kappa shape index (κ1) is 11.7. The topological polar surface area (TPSA) is 56.0 Å². The van der Waals surface area contributed by atoms with Crippen molar-refractivity contribution in [2.24, 2.45) is 0 Å². The van der Waals surface area contributed by atoms with Crippen LogP contribution in [-0.2, 0) is 10.8 Å². The van der Waals surface area contributed by atoms with Crippen molar-refractivity contribution in [2.75, 3.05) is 6.26 Å². The van der Waals surface area contributed by atoms with Gasteiger partial charge < -0.3 is 4.52 Å². The zero-order valence-corrected chi connectivity index (χ0v) is 10.4. The summed E-state index contributed by atoms with van der Waals surface area (Å²) < 4.78 is 16.1. The zero-order valence-electron chi connectivity index (χ0n) is 9.58. The third-order valence-electron chi connectivity index (χ3n) is 2.18. The van der Waals surface area contributed by atoms with E-state index in [-0.39, 0.29) is 0 Å². The third kappa shape index (κ3) is 3.10. The molecule has 1 atom stereocenters. The predicted molar refractivity (Wildman–Crippen MR) is 66.7 cm³/mol. The Kier molecular flexibility index (Phi) is 3.49. The smallest absolute Gasteiger partial charge is 0.223 e. The molecule has 0 saturated heterocycles. The van der Waals surface area contributed by atoms with Gasteiger partial charge in [0.25, 0.3) is 0 Å². The van der Waals surface area contributed by atoms with E-state index >= 15 is 0 Å². The first-order chi connectivity index (χ1) is 8.15. The van der Waals surface area contributed by atoms with E-state index < -0.39 is 10.8 Å². The molecule has 0 radical (unpaired) electrons. The first-order valence-corrected chi connectivity index (χ1v) is 6.63. The molecule has 17 heavy (non-hydrogen) atoms. The molecule has 4 nitrogen and oxygen atoms in total. The Morgan fingerprint density at radius 1 is 1.24 bits per heavy atom. The summed E-state index contributed by atoms with van der Waals surface area (Å²) >= 11 is 0. The fourth-order valence-corrected chi connectivity index (χ4v) is 1.84. The van der Waals surface area contributed by atoms with Crippen molar-refractivity contribution in [3.05, 3.63) is 41.5 Å². The molecule has 2 aromatic rings. The zero-order chi connectivity index (χ0) is 12.3. The van der Waals surface area contributed by atoms with E-state index in [0.29, 0.717) is 11.7 Å². The molecule has 1 aromatic heterocycles. The lowest BCUT2D eigenvalue weighted by atomic mass is 10.2. The number of hydrogen-bond acceptors (Lipinski definition) is 4. The molecule has 0 saturated carbocycles. The number of aromatic nitrogens is 2. The molecule has 0 fully saturated rings. The molecule has 0 spiro atoms. The fourth-order valence-electron chi connectivity index (χ4n) is 1.32. The average Bonchev–Trinajstić information content (AvgIpc) is 2.73. The van der Waals surface area contributed by atoms with E-state index in [1.54, 1.807) is 19.3 Å². The summed E-state index contributed by atoms with van der Waals surface area (Å²) in [5.74, 6) is 1.09. The molecule has 5 heteroatoms. The summed E-state index contributed by atoms with van der Waals surface area (Å²) in [6, 6.07) is 7.49. The lowest BCUT2D eigenvalue weighted by Crippen LogP contribution is -1.86. The molecule has 1 aromatic carbocycles. The van der Waals surface area contributed by atoms with Gasteiger partial charge in [0, 0.05) is 28.9 Å². The Bertz CT molecular complexity index is 558. The first-order valence-electron chi connectivity index (χ1n) is 5.07. The quantitative estimate of drug-likeness (QED) is 0.836. The van der Waals surface area contributed by atoms with Crippen LogP contribution in [-0.4, -0.2) is 20.6 Å². The lowest BCUT2D eigenvalue weighted by Gasteiger charge is -1.96. The molecule has 0 aliphatic carbocycles. The van der Waals surface area contributed by atoms with Gasteiger partial charge in [0.2, 0.25) is 5.89 Å². The second kappa shape index (κ2) is 5.05. The Hall–Kier alpha value is -1.75. The second-order valence-corrected chi connectivity index (χ2v) is 4.91. The highest BCUT2D eigenvalue weighted by molar-refractivity contribution is 7.84. The van der Waals surface area contributed by atoms with Crippen LogP contribution in [0.4, 0.5) is 0 Å². The molecular weight excluding hydrogens is 236 g/mol. The van der Waals surface area contributed by atoms with Gasteiger partial charge in [-0.1, -0.05) is 23.4 Å². The van der Waals surface area contributed by atoms with Crippen molar-refractivity contribution in [2.45, 2.75) is 11.8 Å². The summed E-state index contributed by atoms with van der Waals surface area (Å²) in [5, 5.41) is 3.76. The van der Waals surface area contributed by atoms with Crippen molar-refractivity contribution in [1.82, 2.24) is 10.1 Å². The maximum absolute atomic E-state index is 11.2. The van der Waals surface area contributed by atoms with E-state index in [9.17, 15) is 4.21 Å². The summed E-state index contributed by atoms with van der Waals surface area (Å²) in [5.41, 5.74) is 1.00. The Balaban J connectivity index is 2.13. The summed E-state index contributed by atoms with van der Waals surface area (Å²) in [6.07, 6.45) is 5.31. The number of aryl methyl sites for hydroxylation is 1. The second-order valence-electron chi connectivity index (χ2n) is 3.53. The summed E-state index contributed by atoms with van der Waals surface area (Å²) in [7, 11) is -0.938. The maximum Gasteiger partial charge on any atom is 0.223 e. The molecule has 1 unspecified atom stereocenters. The van der Waals surface area contributed by atoms with Crippen LogP contribution >= 0.6 is 0 Å². The number of hydrogen-bond donors (Lipinski definition) is 0. The van der Waals surface area contributed by atoms with E-state index in [0.717, 1.165) is 10.5 Å². The molecule has 0 N–H and O–H groups in total. The van der Waals surface area contributed by atoms with Gasteiger partial charge in [-0.05, 0) is 23.8 Å². The monoisotopic (exact) mass is 248 g/mol. The molecule has 0 bridgehead atoms. The van der Waals surface area contributed by atoms with Crippen molar-refractivity contribution < 1.29 is 8.73 Å². The molecule has 2 rings (SSSR count). The van der Waals surface area contributed by atoms with E-state index in [1.165, 1.54) is 0 Å². The van der Waals surface area contributed by atoms with Gasteiger partial charge in [-0.15, -0.1) is 0 Å². The summed E-state index contributed by atoms with van der Waals surface area (Å²) in [6.45, 7) is 1.75. The molecular formula is C12H12N2O2S. The Labute approximate surface area is 102 Å². The van der Waals surface area contributed by atoms with E-state index in [1.807, 2.05) is 30.3 Å². The SMILES string of the molecule is Cc1nc(/C=C/c2ccc(S(C)=O)cc2)no1. The molecule has 0 aliphatic rings. The van der Waals surface area contributed by atoms with Crippen LogP contribution in [0, 0.1) is 6.92 Å². The minimum atomic E-state index is -0.938. The van der Waals surface area contributed by atoms with Crippen LogP contribution in [0.1, 0.15) is 17.3 Å². The van der Waals surface area contributed by atoms with E-state index in [2.05, 4.69) is 10.1 Å². The Morgan fingerprint density at radius 3 is 2.47 bits per heavy atom. The summed E-state index contributed by atoms with van der Waals surface area (Å²) in [4.78, 5) is 4.88. The van der Waals surface area contributed by atoms with Crippen molar-refractivity contribution in [1.29, 1.82) is 0 Å². The van der Waals surface area contributed by atoms with Gasteiger partial charge in [0.15, 0.2) is 5.82 Å². The molecule has 88 valence electrons. The van der Waals surface area contributed by atoms with Crippen molar-refractivity contribution in [3.63, 3.8) is 0 Å². The number of rotatable bonds is 3. The molecule has 0 amide bonds. The largest absolute Gasteiger partial charge is 0.339 e. The molecule has 1 heterocycles. The maximum atomic E-state index is 11.2. The standard InChI is InChI=1S/C12H12N2O2S/c1-9-13-12(14-16-9)8-5-10-3-6-11(7-4-10)17(2)15/h3-8H,1-2H3/b8-5+. The normalized spacial score (nSPS) is 13.1. The Morgan fingerprint density at radius 2 is 1.94 bits per heavy atom. The van der Waals surface area contributed by atoms with Crippen LogP contribution < -0.4 is 0 Å². The van der Waals surface area contributed by atoms with Crippen molar-refractivity contribution in [3.8, 4) is 0 Å². The third-order valence-corrected chi connectivity index (χ3v) is 3.12. The van der Waals surface area contributed by atoms with Crippen LogP contribution in [0.3, 0.4) is 0 Å². The highest BCUT2D eigenvalue weighted by Crippen LogP contribution is 2.10. The average molecular weight is 248 g/mol. The van der Waals surface area contributed by atoms with Gasteiger partial charge in [0.1, 0.15) is 0 Å². The minimum absolute atomic E-state index is 0.543. The van der Waals surface area contributed by atoms with Crippen LogP contribution in [0.15, 0.2) is 33.7 Å². The van der Waals surface area contributed by atoms with Gasteiger partial charge in [-0.25, -0.2) is 0 Å². The minimum Gasteiger partial charge on any atom is -0.339 e. The van der Waals surface area contributed by atoms with Crippen LogP contribution in [0.5, 0.6) is 0 Å². The fraction of sp³-hybridized carbons (Fsp3) is 0.167. The van der Waals surface area contributed by atoms with Gasteiger partial charge in [-0.2, -0.15) is 4.98 Å². The van der Waals surface area contributed by atoms with Crippen molar-refractivity contribution >= 4 is 23.0 Å². The van der Waals surface area contributed by atoms with Crippen LogP contribution in [0.2, 0.25) is 0 Å². The van der Waals surface area contributed by atoms with Gasteiger partial charge in [-0.3, -0.25) is 4.21 Å². The predicted octanol–water partition coefficient (Wildman–Crippen LogP) is 2.29. The number of benzene rings is 1. The highest BCUT2D eigenvalue weighted by atomic mass is 32.2. The number of nitrogens with zero attached hydrogens (tertiary/aromatic N) is 2. The van der Waals surface area contributed by atoms with Gasteiger partial charge >= 0.3 is 0 Å². The molecule has 0 aliphatic heterocycles. The van der Waals surface area contributed by atoms with Crippen LogP contribution in [0.25, 0.3) is 12.2 Å². The highest BCUT2D eigenvalue weighted by Gasteiger charge is 1.98. The lowest BCUT2D eigenvalue weighted by molar-refractivity contribution is 0.391. The van der Waals surface area contributed by atoms with E-state index in [4.69, 9.17) is 4.52 Å².